The lowest BCUT2D eigenvalue weighted by atomic mass is 9.76. The van der Waals surface area contributed by atoms with Crippen LogP contribution in [0.3, 0.4) is 0 Å². The first kappa shape index (κ1) is 11.0. The van der Waals surface area contributed by atoms with Crippen LogP contribution in [0.25, 0.3) is 0 Å². The quantitative estimate of drug-likeness (QED) is 0.705. The molecule has 2 atom stereocenters. The fourth-order valence-corrected chi connectivity index (χ4v) is 2.20. The smallest absolute Gasteiger partial charge is 0.0531 e. The van der Waals surface area contributed by atoms with Crippen molar-refractivity contribution in [2.24, 2.45) is 11.1 Å². The van der Waals surface area contributed by atoms with E-state index in [9.17, 15) is 0 Å². The minimum atomic E-state index is 0.237. The number of hydrogen-bond acceptors (Lipinski definition) is 3. The number of hydrogen-bond donors (Lipinski definition) is 1. The molecule has 0 spiro atoms. The zero-order valence-electron chi connectivity index (χ0n) is 9.05. The van der Waals surface area contributed by atoms with Crippen LogP contribution in [0.5, 0.6) is 0 Å². The SMILES string of the molecule is COCC1(CN)CCN(C)C(C)C1. The molecule has 0 aromatic carbocycles. The molecule has 3 nitrogen and oxygen atoms in total. The van der Waals surface area contributed by atoms with E-state index in [1.807, 2.05) is 0 Å². The molecular weight excluding hydrogens is 164 g/mol. The molecule has 1 aliphatic heterocycles. The summed E-state index contributed by atoms with van der Waals surface area (Å²) in [6.07, 6.45) is 2.33. The Kier molecular flexibility index (Phi) is 3.71. The molecule has 0 saturated carbocycles. The van der Waals surface area contributed by atoms with Crippen molar-refractivity contribution in [3.05, 3.63) is 0 Å². The predicted octanol–water partition coefficient (Wildman–Crippen LogP) is 0.692. The van der Waals surface area contributed by atoms with Gasteiger partial charge in [0.1, 0.15) is 0 Å². The summed E-state index contributed by atoms with van der Waals surface area (Å²) in [7, 11) is 3.94. The van der Waals surface area contributed by atoms with E-state index in [0.29, 0.717) is 6.04 Å². The van der Waals surface area contributed by atoms with Crippen LogP contribution in [0, 0.1) is 5.41 Å². The second kappa shape index (κ2) is 4.40. The normalized spacial score (nSPS) is 36.5. The van der Waals surface area contributed by atoms with Gasteiger partial charge in [-0.15, -0.1) is 0 Å². The number of methoxy groups -OCH3 is 1. The Morgan fingerprint density at radius 2 is 2.31 bits per heavy atom. The molecule has 78 valence electrons. The maximum atomic E-state index is 5.83. The summed E-state index contributed by atoms with van der Waals surface area (Å²) in [5.41, 5.74) is 6.07. The van der Waals surface area contributed by atoms with Crippen LogP contribution in [0.4, 0.5) is 0 Å². The first-order valence-electron chi connectivity index (χ1n) is 5.03. The lowest BCUT2D eigenvalue weighted by Crippen LogP contribution is -2.49. The molecular formula is C10H22N2O. The maximum absolute atomic E-state index is 5.83. The van der Waals surface area contributed by atoms with Gasteiger partial charge in [0, 0.05) is 25.1 Å². The average Bonchev–Trinajstić information content (AvgIpc) is 2.12. The van der Waals surface area contributed by atoms with Gasteiger partial charge in [-0.1, -0.05) is 0 Å². The van der Waals surface area contributed by atoms with Crippen molar-refractivity contribution in [3.63, 3.8) is 0 Å². The number of nitrogens with zero attached hydrogens (tertiary/aromatic N) is 1. The molecule has 0 radical (unpaired) electrons. The molecule has 1 rings (SSSR count). The Bertz CT molecular complexity index is 163. The summed E-state index contributed by atoms with van der Waals surface area (Å²) in [4.78, 5) is 2.39. The zero-order chi connectivity index (χ0) is 9.90. The summed E-state index contributed by atoms with van der Waals surface area (Å²) in [6.45, 7) is 4.96. The largest absolute Gasteiger partial charge is 0.384 e. The minimum absolute atomic E-state index is 0.237. The number of likely N-dealkylation sites (tertiary alicyclic amines) is 1. The number of piperidine rings is 1. The van der Waals surface area contributed by atoms with Gasteiger partial charge >= 0.3 is 0 Å². The van der Waals surface area contributed by atoms with Gasteiger partial charge < -0.3 is 15.4 Å². The summed E-state index contributed by atoms with van der Waals surface area (Å²) < 4.78 is 5.26. The van der Waals surface area contributed by atoms with Crippen molar-refractivity contribution in [3.8, 4) is 0 Å². The molecule has 0 aromatic heterocycles. The van der Waals surface area contributed by atoms with Crippen LogP contribution in [-0.2, 0) is 4.74 Å². The summed E-state index contributed by atoms with van der Waals surface area (Å²) in [6, 6.07) is 0.632. The molecule has 0 aliphatic carbocycles. The Balaban J connectivity index is 2.57. The molecule has 13 heavy (non-hydrogen) atoms. The number of nitrogens with two attached hydrogens (primary N) is 1. The summed E-state index contributed by atoms with van der Waals surface area (Å²) >= 11 is 0. The van der Waals surface area contributed by atoms with Crippen molar-refractivity contribution in [1.82, 2.24) is 4.90 Å². The van der Waals surface area contributed by atoms with Crippen LogP contribution < -0.4 is 5.73 Å². The van der Waals surface area contributed by atoms with Gasteiger partial charge in [-0.05, 0) is 33.4 Å². The highest BCUT2D eigenvalue weighted by atomic mass is 16.5. The standard InChI is InChI=1S/C10H22N2O/c1-9-6-10(7-11,8-13-3)4-5-12(9)2/h9H,4-8,11H2,1-3H3. The van der Waals surface area contributed by atoms with Crippen LogP contribution >= 0.6 is 0 Å². The second-order valence-corrected chi connectivity index (χ2v) is 4.42. The Morgan fingerprint density at radius 1 is 1.62 bits per heavy atom. The van der Waals surface area contributed by atoms with E-state index in [2.05, 4.69) is 18.9 Å². The molecule has 1 fully saturated rings. The van der Waals surface area contributed by atoms with Crippen LogP contribution in [0.15, 0.2) is 0 Å². The molecule has 0 bridgehead atoms. The van der Waals surface area contributed by atoms with E-state index in [-0.39, 0.29) is 5.41 Å². The van der Waals surface area contributed by atoms with E-state index < -0.39 is 0 Å². The second-order valence-electron chi connectivity index (χ2n) is 4.42. The van der Waals surface area contributed by atoms with E-state index in [4.69, 9.17) is 10.5 Å². The molecule has 1 saturated heterocycles. The van der Waals surface area contributed by atoms with Crippen LogP contribution in [-0.4, -0.2) is 44.8 Å². The zero-order valence-corrected chi connectivity index (χ0v) is 9.05. The molecule has 0 aromatic rings. The van der Waals surface area contributed by atoms with Crippen LogP contribution in [0.2, 0.25) is 0 Å². The third-order valence-electron chi connectivity index (χ3n) is 3.36. The Labute approximate surface area is 81.2 Å². The highest BCUT2D eigenvalue weighted by molar-refractivity contribution is 4.89. The van der Waals surface area contributed by atoms with E-state index in [0.717, 1.165) is 32.5 Å². The van der Waals surface area contributed by atoms with E-state index in [1.54, 1.807) is 7.11 Å². The predicted molar refractivity (Wildman–Crippen MR) is 54.7 cm³/mol. The van der Waals surface area contributed by atoms with Crippen molar-refractivity contribution in [1.29, 1.82) is 0 Å². The van der Waals surface area contributed by atoms with Crippen molar-refractivity contribution in [2.75, 3.05) is 33.9 Å². The van der Waals surface area contributed by atoms with E-state index in [1.165, 1.54) is 0 Å². The highest BCUT2D eigenvalue weighted by Crippen LogP contribution is 2.33. The van der Waals surface area contributed by atoms with E-state index >= 15 is 0 Å². The first-order valence-corrected chi connectivity index (χ1v) is 5.03. The monoisotopic (exact) mass is 186 g/mol. The molecule has 0 amide bonds. The third kappa shape index (κ3) is 2.42. The van der Waals surface area contributed by atoms with Gasteiger partial charge in [0.15, 0.2) is 0 Å². The van der Waals surface area contributed by atoms with Gasteiger partial charge in [0.25, 0.3) is 0 Å². The molecule has 2 N–H and O–H groups in total. The van der Waals surface area contributed by atoms with Crippen molar-refractivity contribution in [2.45, 2.75) is 25.8 Å². The van der Waals surface area contributed by atoms with Gasteiger partial charge in [-0.2, -0.15) is 0 Å². The molecule has 1 aliphatic rings. The Morgan fingerprint density at radius 3 is 2.77 bits per heavy atom. The third-order valence-corrected chi connectivity index (χ3v) is 3.36. The number of rotatable bonds is 3. The fourth-order valence-electron chi connectivity index (χ4n) is 2.20. The van der Waals surface area contributed by atoms with Gasteiger partial charge in [0.2, 0.25) is 0 Å². The lowest BCUT2D eigenvalue weighted by Gasteiger charge is -2.43. The van der Waals surface area contributed by atoms with Gasteiger partial charge in [0.05, 0.1) is 6.61 Å². The van der Waals surface area contributed by atoms with Gasteiger partial charge in [-0.25, -0.2) is 0 Å². The minimum Gasteiger partial charge on any atom is -0.384 e. The molecule has 2 unspecified atom stereocenters. The maximum Gasteiger partial charge on any atom is 0.0531 e. The number of ether oxygens (including phenoxy) is 1. The highest BCUT2D eigenvalue weighted by Gasteiger charge is 2.35. The topological polar surface area (TPSA) is 38.5 Å². The summed E-state index contributed by atoms with van der Waals surface area (Å²) in [5.74, 6) is 0. The Hall–Kier alpha value is -0.120. The molecule has 1 heterocycles. The average molecular weight is 186 g/mol. The van der Waals surface area contributed by atoms with Gasteiger partial charge in [-0.3, -0.25) is 0 Å². The summed E-state index contributed by atoms with van der Waals surface area (Å²) in [5, 5.41) is 0. The molecule has 3 heteroatoms. The first-order chi connectivity index (χ1) is 6.13. The lowest BCUT2D eigenvalue weighted by molar-refractivity contribution is 0.0120. The van der Waals surface area contributed by atoms with Crippen molar-refractivity contribution < 1.29 is 4.74 Å². The van der Waals surface area contributed by atoms with Crippen molar-refractivity contribution >= 4 is 0 Å². The fraction of sp³-hybridized carbons (Fsp3) is 1.00. The van der Waals surface area contributed by atoms with Crippen LogP contribution in [0.1, 0.15) is 19.8 Å².